The van der Waals surface area contributed by atoms with Gasteiger partial charge in [-0.2, -0.15) is 0 Å². The Morgan fingerprint density at radius 3 is 2.42 bits per heavy atom. The standard InChI is InChI=1S/C15H23N3O/c1-2-18(14-6-4-3-5-7-14)15(19)12-8-10-13(17-16)11-9-12/h8-11,14,17H,2-7,16H2,1H3. The summed E-state index contributed by atoms with van der Waals surface area (Å²) in [6.45, 7) is 2.84. The molecule has 1 aromatic rings. The van der Waals surface area contributed by atoms with Crippen molar-refractivity contribution in [2.75, 3.05) is 12.0 Å². The number of nitrogens with one attached hydrogen (secondary N) is 1. The summed E-state index contributed by atoms with van der Waals surface area (Å²) in [6.07, 6.45) is 6.07. The van der Waals surface area contributed by atoms with E-state index in [1.54, 1.807) is 0 Å². The minimum Gasteiger partial charge on any atom is -0.336 e. The summed E-state index contributed by atoms with van der Waals surface area (Å²) >= 11 is 0. The molecule has 0 radical (unpaired) electrons. The molecule has 3 N–H and O–H groups in total. The van der Waals surface area contributed by atoms with Crippen LogP contribution in [0.25, 0.3) is 0 Å². The first-order valence-electron chi connectivity index (χ1n) is 7.14. The third kappa shape index (κ3) is 3.26. The molecular weight excluding hydrogens is 238 g/mol. The molecule has 0 saturated heterocycles. The van der Waals surface area contributed by atoms with Crippen molar-refractivity contribution in [3.8, 4) is 0 Å². The molecule has 0 bridgehead atoms. The highest BCUT2D eigenvalue weighted by Gasteiger charge is 2.24. The van der Waals surface area contributed by atoms with Gasteiger partial charge in [0.1, 0.15) is 0 Å². The van der Waals surface area contributed by atoms with E-state index < -0.39 is 0 Å². The third-order valence-electron chi connectivity index (χ3n) is 3.92. The van der Waals surface area contributed by atoms with Gasteiger partial charge in [-0.25, -0.2) is 0 Å². The maximum atomic E-state index is 12.5. The molecule has 1 saturated carbocycles. The van der Waals surface area contributed by atoms with E-state index in [9.17, 15) is 4.79 Å². The molecule has 1 aromatic carbocycles. The molecule has 0 unspecified atom stereocenters. The Morgan fingerprint density at radius 1 is 1.26 bits per heavy atom. The lowest BCUT2D eigenvalue weighted by Crippen LogP contribution is -2.41. The highest BCUT2D eigenvalue weighted by Crippen LogP contribution is 2.24. The zero-order chi connectivity index (χ0) is 13.7. The van der Waals surface area contributed by atoms with Crippen LogP contribution < -0.4 is 11.3 Å². The zero-order valence-corrected chi connectivity index (χ0v) is 11.6. The van der Waals surface area contributed by atoms with E-state index in [1.165, 1.54) is 19.3 Å². The predicted octanol–water partition coefficient (Wildman–Crippen LogP) is 2.77. The summed E-state index contributed by atoms with van der Waals surface area (Å²) < 4.78 is 0. The summed E-state index contributed by atoms with van der Waals surface area (Å²) in [5.74, 6) is 5.47. The Bertz CT molecular complexity index is 410. The number of nitrogen functional groups attached to an aromatic ring is 1. The van der Waals surface area contributed by atoms with E-state index in [4.69, 9.17) is 5.84 Å². The van der Waals surface area contributed by atoms with Crippen molar-refractivity contribution >= 4 is 11.6 Å². The predicted molar refractivity (Wildman–Crippen MR) is 77.8 cm³/mol. The van der Waals surface area contributed by atoms with Crippen LogP contribution >= 0.6 is 0 Å². The fourth-order valence-corrected chi connectivity index (χ4v) is 2.84. The van der Waals surface area contributed by atoms with Crippen molar-refractivity contribution in [3.63, 3.8) is 0 Å². The van der Waals surface area contributed by atoms with Gasteiger partial charge in [0, 0.05) is 23.8 Å². The van der Waals surface area contributed by atoms with Crippen molar-refractivity contribution in [2.24, 2.45) is 5.84 Å². The SMILES string of the molecule is CCN(C(=O)c1ccc(NN)cc1)C1CCCCC1. The molecule has 0 atom stereocenters. The van der Waals surface area contributed by atoms with Gasteiger partial charge >= 0.3 is 0 Å². The van der Waals surface area contributed by atoms with Gasteiger partial charge in [-0.3, -0.25) is 10.6 Å². The average molecular weight is 261 g/mol. The number of carbonyl (C=O) groups excluding carboxylic acids is 1. The number of carbonyl (C=O) groups is 1. The van der Waals surface area contributed by atoms with Gasteiger partial charge < -0.3 is 10.3 Å². The van der Waals surface area contributed by atoms with E-state index in [2.05, 4.69) is 12.3 Å². The van der Waals surface area contributed by atoms with Crippen LogP contribution in [0.3, 0.4) is 0 Å². The maximum absolute atomic E-state index is 12.5. The van der Waals surface area contributed by atoms with Gasteiger partial charge in [-0.05, 0) is 44.0 Å². The molecule has 1 aliphatic carbocycles. The first kappa shape index (κ1) is 13.9. The van der Waals surface area contributed by atoms with E-state index in [0.29, 0.717) is 6.04 Å². The second-order valence-electron chi connectivity index (χ2n) is 5.10. The highest BCUT2D eigenvalue weighted by atomic mass is 16.2. The van der Waals surface area contributed by atoms with Gasteiger partial charge in [0.15, 0.2) is 0 Å². The minimum absolute atomic E-state index is 0.137. The first-order chi connectivity index (χ1) is 9.26. The van der Waals surface area contributed by atoms with Crippen LogP contribution in [0.5, 0.6) is 0 Å². The minimum atomic E-state index is 0.137. The van der Waals surface area contributed by atoms with Crippen molar-refractivity contribution in [2.45, 2.75) is 45.1 Å². The molecule has 19 heavy (non-hydrogen) atoms. The van der Waals surface area contributed by atoms with E-state index in [1.807, 2.05) is 29.2 Å². The number of benzene rings is 1. The van der Waals surface area contributed by atoms with Gasteiger partial charge in [-0.1, -0.05) is 19.3 Å². The zero-order valence-electron chi connectivity index (χ0n) is 11.6. The number of anilines is 1. The van der Waals surface area contributed by atoms with Crippen LogP contribution in [-0.4, -0.2) is 23.4 Å². The molecule has 2 rings (SSSR count). The lowest BCUT2D eigenvalue weighted by molar-refractivity contribution is 0.0648. The third-order valence-corrected chi connectivity index (χ3v) is 3.92. The maximum Gasteiger partial charge on any atom is 0.254 e. The van der Waals surface area contributed by atoms with Crippen LogP contribution in [0, 0.1) is 0 Å². The van der Waals surface area contributed by atoms with Crippen LogP contribution in [0.1, 0.15) is 49.4 Å². The molecule has 1 aliphatic rings. The van der Waals surface area contributed by atoms with Crippen LogP contribution in [0.15, 0.2) is 24.3 Å². The Balaban J connectivity index is 2.10. The molecule has 104 valence electrons. The number of hydrogen-bond donors (Lipinski definition) is 2. The van der Waals surface area contributed by atoms with Crippen molar-refractivity contribution < 1.29 is 4.79 Å². The number of hydrazine groups is 1. The average Bonchev–Trinajstić information content (AvgIpc) is 2.49. The first-order valence-corrected chi connectivity index (χ1v) is 7.14. The van der Waals surface area contributed by atoms with Crippen molar-refractivity contribution in [1.82, 2.24) is 4.90 Å². The molecule has 1 fully saturated rings. The summed E-state index contributed by atoms with van der Waals surface area (Å²) in [5.41, 5.74) is 4.13. The smallest absolute Gasteiger partial charge is 0.254 e. The molecule has 4 heteroatoms. The van der Waals surface area contributed by atoms with E-state index in [-0.39, 0.29) is 5.91 Å². The summed E-state index contributed by atoms with van der Waals surface area (Å²) in [6, 6.07) is 7.76. The van der Waals surface area contributed by atoms with Crippen LogP contribution in [0.4, 0.5) is 5.69 Å². The topological polar surface area (TPSA) is 58.4 Å². The Hall–Kier alpha value is -1.55. The fourth-order valence-electron chi connectivity index (χ4n) is 2.84. The Labute approximate surface area is 114 Å². The number of hydrogen-bond acceptors (Lipinski definition) is 3. The molecule has 0 heterocycles. The lowest BCUT2D eigenvalue weighted by Gasteiger charge is -2.33. The quantitative estimate of drug-likeness (QED) is 0.647. The molecule has 0 spiro atoms. The normalized spacial score (nSPS) is 16.1. The highest BCUT2D eigenvalue weighted by molar-refractivity contribution is 5.94. The second kappa shape index (κ2) is 6.57. The Kier molecular flexibility index (Phi) is 4.80. The van der Waals surface area contributed by atoms with Gasteiger partial charge in [0.25, 0.3) is 5.91 Å². The van der Waals surface area contributed by atoms with Gasteiger partial charge in [0.2, 0.25) is 0 Å². The van der Waals surface area contributed by atoms with Gasteiger partial charge in [-0.15, -0.1) is 0 Å². The van der Waals surface area contributed by atoms with Gasteiger partial charge in [0.05, 0.1) is 0 Å². The fraction of sp³-hybridized carbons (Fsp3) is 0.533. The van der Waals surface area contributed by atoms with Crippen LogP contribution in [0.2, 0.25) is 0 Å². The van der Waals surface area contributed by atoms with Crippen LogP contribution in [-0.2, 0) is 0 Å². The van der Waals surface area contributed by atoms with E-state index >= 15 is 0 Å². The monoisotopic (exact) mass is 261 g/mol. The lowest BCUT2D eigenvalue weighted by atomic mass is 9.93. The summed E-state index contributed by atoms with van der Waals surface area (Å²) in [5, 5.41) is 0. The number of nitrogens with zero attached hydrogens (tertiary/aromatic N) is 1. The van der Waals surface area contributed by atoms with E-state index in [0.717, 1.165) is 30.6 Å². The van der Waals surface area contributed by atoms with Crippen molar-refractivity contribution in [1.29, 1.82) is 0 Å². The molecule has 0 aliphatic heterocycles. The van der Waals surface area contributed by atoms with Crippen molar-refractivity contribution in [3.05, 3.63) is 29.8 Å². The second-order valence-corrected chi connectivity index (χ2v) is 5.10. The number of nitrogens with two attached hydrogens (primary N) is 1. The Morgan fingerprint density at radius 2 is 1.89 bits per heavy atom. The summed E-state index contributed by atoms with van der Waals surface area (Å²) in [7, 11) is 0. The number of amides is 1. The molecule has 1 amide bonds. The molecular formula is C15H23N3O. The largest absolute Gasteiger partial charge is 0.336 e. The summed E-state index contributed by atoms with van der Waals surface area (Å²) in [4.78, 5) is 14.6. The molecule has 4 nitrogen and oxygen atoms in total. The molecule has 0 aromatic heterocycles. The number of rotatable bonds is 4.